The molecule has 0 aromatic rings. The molecule has 2 aliphatic rings. The van der Waals surface area contributed by atoms with Crippen LogP contribution in [-0.2, 0) is 9.53 Å². The van der Waals surface area contributed by atoms with Crippen LogP contribution in [0.5, 0.6) is 0 Å². The number of hydrogen-bond donors (Lipinski definition) is 1. The molecule has 0 radical (unpaired) electrons. The summed E-state index contributed by atoms with van der Waals surface area (Å²) in [5.41, 5.74) is 0. The van der Waals surface area contributed by atoms with Gasteiger partial charge in [-0.2, -0.15) is 0 Å². The quantitative estimate of drug-likeness (QED) is 0.724. The molecule has 15 heavy (non-hydrogen) atoms. The number of ether oxygens (including phenoxy) is 1. The second-order valence-electron chi connectivity index (χ2n) is 4.78. The van der Waals surface area contributed by atoms with Crippen molar-refractivity contribution < 1.29 is 9.53 Å². The van der Waals surface area contributed by atoms with E-state index in [1.54, 1.807) is 0 Å². The van der Waals surface area contributed by atoms with Gasteiger partial charge in [-0.05, 0) is 38.1 Å². The number of nitrogens with one attached hydrogen (secondary N) is 1. The summed E-state index contributed by atoms with van der Waals surface area (Å²) in [5.74, 6) is 0.599. The van der Waals surface area contributed by atoms with Gasteiger partial charge in [0.05, 0.1) is 6.61 Å². The third-order valence-electron chi connectivity index (χ3n) is 3.53. The lowest BCUT2D eigenvalue weighted by Crippen LogP contribution is -2.33. The second kappa shape index (κ2) is 5.50. The summed E-state index contributed by atoms with van der Waals surface area (Å²) in [6.07, 6.45) is 8.51. The smallest absolute Gasteiger partial charge is 0.323 e. The topological polar surface area (TPSA) is 38.3 Å². The van der Waals surface area contributed by atoms with Crippen molar-refractivity contribution in [3.05, 3.63) is 0 Å². The van der Waals surface area contributed by atoms with E-state index in [-0.39, 0.29) is 12.0 Å². The summed E-state index contributed by atoms with van der Waals surface area (Å²) in [6, 6.07) is -0.0198. The standard InChI is InChI=1S/C12H21NO2/c14-12(11-7-4-8-13-11)15-9-10-5-2-1-3-6-10/h10-11,13H,1-9H2/t11-/m1/s1. The van der Waals surface area contributed by atoms with Crippen molar-refractivity contribution in [3.8, 4) is 0 Å². The van der Waals surface area contributed by atoms with E-state index in [0.29, 0.717) is 12.5 Å². The van der Waals surface area contributed by atoms with Gasteiger partial charge in [0.15, 0.2) is 0 Å². The third kappa shape index (κ3) is 3.20. The van der Waals surface area contributed by atoms with Crippen LogP contribution in [0.15, 0.2) is 0 Å². The Balaban J connectivity index is 1.65. The molecule has 1 heterocycles. The monoisotopic (exact) mass is 211 g/mol. The average Bonchev–Trinajstić information content (AvgIpc) is 2.81. The molecule has 1 saturated carbocycles. The van der Waals surface area contributed by atoms with Gasteiger partial charge < -0.3 is 10.1 Å². The zero-order chi connectivity index (χ0) is 10.5. The van der Waals surface area contributed by atoms with Crippen LogP contribution < -0.4 is 5.32 Å². The fourth-order valence-electron chi connectivity index (χ4n) is 2.54. The lowest BCUT2D eigenvalue weighted by Gasteiger charge is -2.21. The van der Waals surface area contributed by atoms with Gasteiger partial charge in [0.25, 0.3) is 0 Å². The number of carbonyl (C=O) groups is 1. The molecule has 86 valence electrons. The van der Waals surface area contributed by atoms with Crippen molar-refractivity contribution in [2.24, 2.45) is 5.92 Å². The predicted molar refractivity (Wildman–Crippen MR) is 58.6 cm³/mol. The van der Waals surface area contributed by atoms with Gasteiger partial charge in [0, 0.05) is 0 Å². The van der Waals surface area contributed by atoms with E-state index < -0.39 is 0 Å². The van der Waals surface area contributed by atoms with Gasteiger partial charge in [-0.1, -0.05) is 19.3 Å². The van der Waals surface area contributed by atoms with Crippen LogP contribution in [0.2, 0.25) is 0 Å². The van der Waals surface area contributed by atoms with Crippen molar-refractivity contribution in [1.29, 1.82) is 0 Å². The highest BCUT2D eigenvalue weighted by Gasteiger charge is 2.24. The Morgan fingerprint density at radius 2 is 1.93 bits per heavy atom. The van der Waals surface area contributed by atoms with Gasteiger partial charge in [-0.3, -0.25) is 4.79 Å². The number of hydrogen-bond acceptors (Lipinski definition) is 3. The Hall–Kier alpha value is -0.570. The highest BCUT2D eigenvalue weighted by atomic mass is 16.5. The molecular formula is C12H21NO2. The maximum atomic E-state index is 11.6. The molecule has 1 aliphatic heterocycles. The van der Waals surface area contributed by atoms with Crippen molar-refractivity contribution in [2.45, 2.75) is 51.0 Å². The van der Waals surface area contributed by atoms with E-state index >= 15 is 0 Å². The zero-order valence-electron chi connectivity index (χ0n) is 9.34. The summed E-state index contributed by atoms with van der Waals surface area (Å²) in [6.45, 7) is 1.61. The predicted octanol–water partition coefficient (Wildman–Crippen LogP) is 1.86. The van der Waals surface area contributed by atoms with Gasteiger partial charge in [0.2, 0.25) is 0 Å². The molecule has 1 aliphatic carbocycles. The molecule has 3 nitrogen and oxygen atoms in total. The minimum absolute atomic E-state index is 0.0198. The summed E-state index contributed by atoms with van der Waals surface area (Å²) < 4.78 is 5.36. The molecule has 2 fully saturated rings. The van der Waals surface area contributed by atoms with Crippen LogP contribution >= 0.6 is 0 Å². The molecule has 2 rings (SSSR count). The van der Waals surface area contributed by atoms with E-state index in [1.165, 1.54) is 32.1 Å². The van der Waals surface area contributed by atoms with E-state index in [2.05, 4.69) is 5.32 Å². The Labute approximate surface area is 91.6 Å². The van der Waals surface area contributed by atoms with E-state index in [9.17, 15) is 4.79 Å². The zero-order valence-corrected chi connectivity index (χ0v) is 9.34. The maximum absolute atomic E-state index is 11.6. The molecule has 0 bridgehead atoms. The van der Waals surface area contributed by atoms with E-state index in [0.717, 1.165) is 19.4 Å². The first kappa shape index (κ1) is 10.9. The number of esters is 1. The summed E-state index contributed by atoms with van der Waals surface area (Å²) in [7, 11) is 0. The average molecular weight is 211 g/mol. The Kier molecular flexibility index (Phi) is 4.01. The minimum atomic E-state index is -0.0296. The summed E-state index contributed by atoms with van der Waals surface area (Å²) >= 11 is 0. The normalized spacial score (nSPS) is 27.9. The number of rotatable bonds is 3. The van der Waals surface area contributed by atoms with Crippen LogP contribution in [0.3, 0.4) is 0 Å². The molecule has 1 atom stereocenters. The Morgan fingerprint density at radius 1 is 1.13 bits per heavy atom. The van der Waals surface area contributed by atoms with Crippen LogP contribution in [0.25, 0.3) is 0 Å². The fourth-order valence-corrected chi connectivity index (χ4v) is 2.54. The molecular weight excluding hydrogens is 190 g/mol. The maximum Gasteiger partial charge on any atom is 0.323 e. The van der Waals surface area contributed by atoms with Crippen molar-refractivity contribution in [1.82, 2.24) is 5.32 Å². The van der Waals surface area contributed by atoms with E-state index in [1.807, 2.05) is 0 Å². The summed E-state index contributed by atoms with van der Waals surface area (Å²) in [5, 5.41) is 3.17. The molecule has 0 aromatic heterocycles. The van der Waals surface area contributed by atoms with Crippen LogP contribution in [0, 0.1) is 5.92 Å². The largest absolute Gasteiger partial charge is 0.464 e. The second-order valence-corrected chi connectivity index (χ2v) is 4.78. The van der Waals surface area contributed by atoms with Gasteiger partial charge in [0.1, 0.15) is 6.04 Å². The highest BCUT2D eigenvalue weighted by Crippen LogP contribution is 2.23. The molecule has 0 spiro atoms. The number of carbonyl (C=O) groups excluding carboxylic acids is 1. The third-order valence-corrected chi connectivity index (χ3v) is 3.53. The van der Waals surface area contributed by atoms with Crippen LogP contribution in [0.1, 0.15) is 44.9 Å². The fraction of sp³-hybridized carbons (Fsp3) is 0.917. The van der Waals surface area contributed by atoms with Crippen molar-refractivity contribution >= 4 is 5.97 Å². The lowest BCUT2D eigenvalue weighted by molar-refractivity contribution is -0.147. The first-order valence-corrected chi connectivity index (χ1v) is 6.26. The molecule has 0 aromatic carbocycles. The molecule has 3 heteroatoms. The Morgan fingerprint density at radius 3 is 2.60 bits per heavy atom. The lowest BCUT2D eigenvalue weighted by atomic mass is 9.90. The van der Waals surface area contributed by atoms with Gasteiger partial charge >= 0.3 is 5.97 Å². The van der Waals surface area contributed by atoms with E-state index in [4.69, 9.17) is 4.74 Å². The van der Waals surface area contributed by atoms with Gasteiger partial charge in [-0.25, -0.2) is 0 Å². The van der Waals surface area contributed by atoms with Gasteiger partial charge in [-0.15, -0.1) is 0 Å². The Bertz CT molecular complexity index is 206. The molecule has 1 saturated heterocycles. The minimum Gasteiger partial charge on any atom is -0.464 e. The van der Waals surface area contributed by atoms with Crippen molar-refractivity contribution in [2.75, 3.05) is 13.2 Å². The first-order chi connectivity index (χ1) is 7.36. The molecule has 1 N–H and O–H groups in total. The van der Waals surface area contributed by atoms with Crippen molar-refractivity contribution in [3.63, 3.8) is 0 Å². The van der Waals surface area contributed by atoms with Crippen LogP contribution in [0.4, 0.5) is 0 Å². The highest BCUT2D eigenvalue weighted by molar-refractivity contribution is 5.76. The SMILES string of the molecule is O=C(OCC1CCCCC1)[C@H]1CCCN1. The molecule has 0 unspecified atom stereocenters. The summed E-state index contributed by atoms with van der Waals surface area (Å²) in [4.78, 5) is 11.6. The molecule has 0 amide bonds. The van der Waals surface area contributed by atoms with Crippen LogP contribution in [-0.4, -0.2) is 25.2 Å². The first-order valence-electron chi connectivity index (χ1n) is 6.26.